The molecule has 0 saturated heterocycles. The van der Waals surface area contributed by atoms with Crippen LogP contribution >= 0.6 is 11.8 Å². The molecule has 0 radical (unpaired) electrons. The third kappa shape index (κ3) is 3.01. The Bertz CT molecular complexity index is 626. The molecule has 0 bridgehead atoms. The minimum Gasteiger partial charge on any atom is -0.397 e. The summed E-state index contributed by atoms with van der Waals surface area (Å²) in [6, 6.07) is 3.87. The van der Waals surface area contributed by atoms with Gasteiger partial charge in [0.2, 0.25) is 0 Å². The van der Waals surface area contributed by atoms with Crippen LogP contribution in [-0.2, 0) is 0 Å². The highest BCUT2D eigenvalue weighted by atomic mass is 32.2. The number of hydrogen-bond donors (Lipinski definition) is 3. The Labute approximate surface area is 116 Å². The fourth-order valence-electron chi connectivity index (χ4n) is 1.94. The molecule has 0 aliphatic rings. The van der Waals surface area contributed by atoms with Crippen molar-refractivity contribution >= 4 is 34.0 Å². The van der Waals surface area contributed by atoms with Gasteiger partial charge in [0.1, 0.15) is 0 Å². The number of nitrogen functional groups attached to an aromatic ring is 1. The molecule has 2 aromatic rings. The van der Waals surface area contributed by atoms with E-state index in [0.717, 1.165) is 17.9 Å². The first-order chi connectivity index (χ1) is 9.15. The predicted molar refractivity (Wildman–Crippen MR) is 82.9 cm³/mol. The first-order valence-corrected chi connectivity index (χ1v) is 7.57. The summed E-state index contributed by atoms with van der Waals surface area (Å²) in [5.74, 6) is 1.01. The average molecular weight is 278 g/mol. The van der Waals surface area contributed by atoms with Gasteiger partial charge in [0.15, 0.2) is 0 Å². The van der Waals surface area contributed by atoms with Gasteiger partial charge in [-0.25, -0.2) is 4.98 Å². The lowest BCUT2D eigenvalue weighted by Gasteiger charge is -2.18. The number of H-pyrrole nitrogens is 1. The van der Waals surface area contributed by atoms with Crippen LogP contribution in [-0.4, -0.2) is 28.0 Å². The topological polar surface area (TPSA) is 83.8 Å². The van der Waals surface area contributed by atoms with Crippen LogP contribution in [0.2, 0.25) is 0 Å². The molecule has 102 valence electrons. The molecule has 0 aliphatic heterocycles. The van der Waals surface area contributed by atoms with Crippen molar-refractivity contribution in [2.24, 2.45) is 0 Å². The van der Waals surface area contributed by atoms with Crippen LogP contribution in [0.15, 0.2) is 23.3 Å². The van der Waals surface area contributed by atoms with Gasteiger partial charge in [-0.15, -0.1) is 0 Å². The van der Waals surface area contributed by atoms with Crippen LogP contribution in [0.1, 0.15) is 13.3 Å². The van der Waals surface area contributed by atoms with E-state index in [9.17, 15) is 4.79 Å². The van der Waals surface area contributed by atoms with Crippen molar-refractivity contribution in [1.82, 2.24) is 9.97 Å². The van der Waals surface area contributed by atoms with Gasteiger partial charge in [-0.2, -0.15) is 11.8 Å². The molecule has 0 saturated carbocycles. The Hall–Kier alpha value is -1.69. The molecule has 19 heavy (non-hydrogen) atoms. The van der Waals surface area contributed by atoms with Crippen LogP contribution < -0.4 is 16.6 Å². The molecule has 1 unspecified atom stereocenters. The van der Waals surface area contributed by atoms with Crippen molar-refractivity contribution in [3.05, 3.63) is 28.8 Å². The SMILES string of the molecule is CCC(CSC)Nc1cc2nc[nH]c(=O)c2cc1N. The summed E-state index contributed by atoms with van der Waals surface area (Å²) in [5.41, 5.74) is 7.90. The Morgan fingerprint density at radius 2 is 2.32 bits per heavy atom. The zero-order valence-electron chi connectivity index (χ0n) is 11.1. The summed E-state index contributed by atoms with van der Waals surface area (Å²) < 4.78 is 0. The minimum absolute atomic E-state index is 0.167. The molecule has 1 heterocycles. The normalized spacial score (nSPS) is 12.5. The Kier molecular flexibility index (Phi) is 4.31. The largest absolute Gasteiger partial charge is 0.397 e. The molecule has 0 spiro atoms. The standard InChI is InChI=1S/C13H18N4OS/c1-3-8(6-19-2)17-12-5-11-9(4-10(12)14)13(18)16-7-15-11/h4-5,7-8,17H,3,6,14H2,1-2H3,(H,15,16,18). The van der Waals surface area contributed by atoms with E-state index in [1.807, 2.05) is 6.07 Å². The lowest BCUT2D eigenvalue weighted by Crippen LogP contribution is -2.22. The molecular weight excluding hydrogens is 260 g/mol. The first-order valence-electron chi connectivity index (χ1n) is 6.18. The number of aromatic nitrogens is 2. The number of thioether (sulfide) groups is 1. The van der Waals surface area contributed by atoms with Crippen LogP contribution in [0.4, 0.5) is 11.4 Å². The maximum atomic E-state index is 11.6. The van der Waals surface area contributed by atoms with E-state index in [-0.39, 0.29) is 5.56 Å². The van der Waals surface area contributed by atoms with Crippen LogP contribution in [0.3, 0.4) is 0 Å². The van der Waals surface area contributed by atoms with E-state index < -0.39 is 0 Å². The Balaban J connectivity index is 2.39. The van der Waals surface area contributed by atoms with E-state index in [1.54, 1.807) is 17.8 Å². The van der Waals surface area contributed by atoms with Gasteiger partial charge in [-0.1, -0.05) is 6.92 Å². The van der Waals surface area contributed by atoms with Crippen molar-refractivity contribution < 1.29 is 0 Å². The highest BCUT2D eigenvalue weighted by Gasteiger charge is 2.10. The third-order valence-electron chi connectivity index (χ3n) is 3.03. The Morgan fingerprint density at radius 1 is 1.53 bits per heavy atom. The monoisotopic (exact) mass is 278 g/mol. The third-order valence-corrected chi connectivity index (χ3v) is 3.77. The average Bonchev–Trinajstić information content (AvgIpc) is 2.40. The van der Waals surface area contributed by atoms with Crippen molar-refractivity contribution in [2.75, 3.05) is 23.1 Å². The number of nitrogens with two attached hydrogens (primary N) is 1. The van der Waals surface area contributed by atoms with Gasteiger partial charge >= 0.3 is 0 Å². The van der Waals surface area contributed by atoms with Crippen molar-refractivity contribution in [3.63, 3.8) is 0 Å². The summed E-state index contributed by atoms with van der Waals surface area (Å²) in [7, 11) is 0. The zero-order valence-corrected chi connectivity index (χ0v) is 11.9. The molecule has 0 aliphatic carbocycles. The number of anilines is 2. The second-order valence-electron chi connectivity index (χ2n) is 4.39. The minimum atomic E-state index is -0.167. The highest BCUT2D eigenvalue weighted by molar-refractivity contribution is 7.98. The summed E-state index contributed by atoms with van der Waals surface area (Å²) >= 11 is 1.79. The lowest BCUT2D eigenvalue weighted by molar-refractivity contribution is 0.775. The maximum absolute atomic E-state index is 11.6. The van der Waals surface area contributed by atoms with Gasteiger partial charge in [0.25, 0.3) is 5.56 Å². The summed E-state index contributed by atoms with van der Waals surface area (Å²) in [5, 5.41) is 3.93. The fraction of sp³-hybridized carbons (Fsp3) is 0.385. The molecule has 0 amide bonds. The number of rotatable bonds is 5. The molecule has 2 rings (SSSR count). The predicted octanol–water partition coefficient (Wildman–Crippen LogP) is 2.06. The van der Waals surface area contributed by atoms with E-state index in [2.05, 4.69) is 28.5 Å². The van der Waals surface area contributed by atoms with E-state index in [1.165, 1.54) is 6.33 Å². The lowest BCUT2D eigenvalue weighted by atomic mass is 10.1. The second-order valence-corrected chi connectivity index (χ2v) is 5.30. The molecule has 1 aromatic heterocycles. The second kappa shape index (κ2) is 5.97. The molecule has 0 fully saturated rings. The summed E-state index contributed by atoms with van der Waals surface area (Å²) in [4.78, 5) is 18.4. The smallest absolute Gasteiger partial charge is 0.258 e. The van der Waals surface area contributed by atoms with Crippen LogP contribution in [0, 0.1) is 0 Å². The zero-order chi connectivity index (χ0) is 13.8. The molecule has 4 N–H and O–H groups in total. The fourth-order valence-corrected chi connectivity index (χ4v) is 2.66. The summed E-state index contributed by atoms with van der Waals surface area (Å²) in [6.45, 7) is 2.13. The molecule has 1 aromatic carbocycles. The van der Waals surface area contributed by atoms with Crippen molar-refractivity contribution in [2.45, 2.75) is 19.4 Å². The number of hydrogen-bond acceptors (Lipinski definition) is 5. The van der Waals surface area contributed by atoms with E-state index >= 15 is 0 Å². The number of fused-ring (bicyclic) bond motifs is 1. The molecule has 5 nitrogen and oxygen atoms in total. The number of benzene rings is 1. The van der Waals surface area contributed by atoms with Crippen molar-refractivity contribution in [3.8, 4) is 0 Å². The maximum Gasteiger partial charge on any atom is 0.258 e. The molecule has 6 heteroatoms. The summed E-state index contributed by atoms with van der Waals surface area (Å²) in [6.07, 6.45) is 4.50. The Morgan fingerprint density at radius 3 is 3.00 bits per heavy atom. The molecular formula is C13H18N4OS. The van der Waals surface area contributed by atoms with E-state index in [0.29, 0.717) is 22.6 Å². The van der Waals surface area contributed by atoms with Crippen LogP contribution in [0.25, 0.3) is 10.9 Å². The molecule has 1 atom stereocenters. The number of nitrogens with zero attached hydrogens (tertiary/aromatic N) is 1. The van der Waals surface area contributed by atoms with Gasteiger partial charge in [-0.05, 0) is 24.8 Å². The van der Waals surface area contributed by atoms with E-state index in [4.69, 9.17) is 5.73 Å². The van der Waals surface area contributed by atoms with Gasteiger partial charge in [-0.3, -0.25) is 4.79 Å². The highest BCUT2D eigenvalue weighted by Crippen LogP contribution is 2.24. The number of aromatic amines is 1. The first kappa shape index (κ1) is 13.7. The van der Waals surface area contributed by atoms with Gasteiger partial charge in [0, 0.05) is 11.8 Å². The number of nitrogens with one attached hydrogen (secondary N) is 2. The van der Waals surface area contributed by atoms with Gasteiger partial charge in [0.05, 0.1) is 28.6 Å². The van der Waals surface area contributed by atoms with Gasteiger partial charge < -0.3 is 16.0 Å². The van der Waals surface area contributed by atoms with Crippen molar-refractivity contribution in [1.29, 1.82) is 0 Å². The quantitative estimate of drug-likeness (QED) is 0.729. The van der Waals surface area contributed by atoms with Crippen LogP contribution in [0.5, 0.6) is 0 Å².